The Kier molecular flexibility index (Phi) is 10.5. The number of benzene rings is 1. The first-order valence-corrected chi connectivity index (χ1v) is 9.63. The van der Waals surface area contributed by atoms with Crippen molar-refractivity contribution in [2.24, 2.45) is 5.92 Å². The van der Waals surface area contributed by atoms with E-state index in [0.717, 1.165) is 0 Å². The predicted molar refractivity (Wildman–Crippen MR) is 109 cm³/mol. The van der Waals surface area contributed by atoms with Gasteiger partial charge in [0.25, 0.3) is 5.91 Å². The monoisotopic (exact) mass is 409 g/mol. The largest absolute Gasteiger partial charge is 0.494 e. The molecule has 162 valence electrons. The number of rotatable bonds is 13. The summed E-state index contributed by atoms with van der Waals surface area (Å²) in [6, 6.07) is 6.75. The molecule has 0 saturated carbocycles. The van der Waals surface area contributed by atoms with Crippen LogP contribution in [0.15, 0.2) is 24.3 Å². The molecule has 9 heteroatoms. The van der Waals surface area contributed by atoms with Crippen LogP contribution in [-0.4, -0.2) is 53.4 Å². The van der Waals surface area contributed by atoms with Crippen LogP contribution in [0, 0.1) is 5.92 Å². The molecule has 0 radical (unpaired) electrons. The van der Waals surface area contributed by atoms with E-state index in [2.05, 4.69) is 16.0 Å². The van der Waals surface area contributed by atoms with Crippen molar-refractivity contribution in [3.05, 3.63) is 24.3 Å². The third-order valence-electron chi connectivity index (χ3n) is 3.70. The number of carboxylic acid groups (broad SMARTS) is 1. The highest BCUT2D eigenvalue weighted by molar-refractivity contribution is 5.89. The zero-order chi connectivity index (χ0) is 21.8. The standard InChI is InChI=1S/C20H31N3O6/c1-13(2)12-21-20(28)19(23-17(25)11-14(3)24)22-15-6-8-16(9-7-15)29-10-4-5-18(26)27/h6-9,13-14,19,22,24H,4-5,10-12H2,1-3H3,(H,21,28)(H,23,25)(H,26,27). The van der Waals surface area contributed by atoms with Gasteiger partial charge in [0.2, 0.25) is 5.91 Å². The number of carboxylic acids is 1. The van der Waals surface area contributed by atoms with Crippen LogP contribution in [0.3, 0.4) is 0 Å². The van der Waals surface area contributed by atoms with E-state index < -0.39 is 24.1 Å². The Morgan fingerprint density at radius 1 is 1.10 bits per heavy atom. The van der Waals surface area contributed by atoms with Gasteiger partial charge in [-0.2, -0.15) is 0 Å². The molecule has 2 amide bonds. The Bertz CT molecular complexity index is 661. The number of carbonyl (C=O) groups is 3. The van der Waals surface area contributed by atoms with Crippen molar-refractivity contribution < 1.29 is 29.3 Å². The first-order valence-electron chi connectivity index (χ1n) is 9.63. The number of aliphatic hydroxyl groups excluding tert-OH is 1. The van der Waals surface area contributed by atoms with Crippen LogP contribution in [0.5, 0.6) is 5.75 Å². The normalized spacial score (nSPS) is 12.7. The third-order valence-corrected chi connectivity index (χ3v) is 3.70. The lowest BCUT2D eigenvalue weighted by Gasteiger charge is -2.22. The zero-order valence-corrected chi connectivity index (χ0v) is 17.1. The van der Waals surface area contributed by atoms with Gasteiger partial charge in [0.15, 0.2) is 6.17 Å². The maximum absolute atomic E-state index is 12.4. The van der Waals surface area contributed by atoms with Crippen molar-refractivity contribution in [1.82, 2.24) is 10.6 Å². The molecule has 2 atom stereocenters. The van der Waals surface area contributed by atoms with Gasteiger partial charge in [-0.25, -0.2) is 0 Å². The molecule has 0 heterocycles. The van der Waals surface area contributed by atoms with Crippen LogP contribution in [0.25, 0.3) is 0 Å². The summed E-state index contributed by atoms with van der Waals surface area (Å²) < 4.78 is 5.47. The van der Waals surface area contributed by atoms with Gasteiger partial charge in [0.05, 0.1) is 19.1 Å². The molecule has 0 aliphatic heterocycles. The molecule has 0 aliphatic rings. The number of hydrogen-bond donors (Lipinski definition) is 5. The maximum atomic E-state index is 12.4. The van der Waals surface area contributed by atoms with Crippen molar-refractivity contribution in [1.29, 1.82) is 0 Å². The number of carbonyl (C=O) groups excluding carboxylic acids is 2. The van der Waals surface area contributed by atoms with Crippen LogP contribution < -0.4 is 20.7 Å². The molecule has 1 aromatic rings. The molecule has 29 heavy (non-hydrogen) atoms. The molecule has 0 fully saturated rings. The lowest BCUT2D eigenvalue weighted by molar-refractivity contribution is -0.137. The van der Waals surface area contributed by atoms with Crippen molar-refractivity contribution in [3.8, 4) is 5.75 Å². The molecular formula is C20H31N3O6. The summed E-state index contributed by atoms with van der Waals surface area (Å²) in [5.74, 6) is -0.875. The minimum Gasteiger partial charge on any atom is -0.494 e. The number of ether oxygens (including phenoxy) is 1. The highest BCUT2D eigenvalue weighted by Crippen LogP contribution is 2.16. The van der Waals surface area contributed by atoms with E-state index in [-0.39, 0.29) is 31.3 Å². The summed E-state index contributed by atoms with van der Waals surface area (Å²) in [4.78, 5) is 34.9. The fraction of sp³-hybridized carbons (Fsp3) is 0.550. The molecule has 0 saturated heterocycles. The topological polar surface area (TPSA) is 137 Å². The smallest absolute Gasteiger partial charge is 0.303 e. The summed E-state index contributed by atoms with van der Waals surface area (Å²) in [5.41, 5.74) is 0.588. The lowest BCUT2D eigenvalue weighted by atomic mass is 10.2. The fourth-order valence-corrected chi connectivity index (χ4v) is 2.29. The minimum absolute atomic E-state index is 0.0406. The van der Waals surface area contributed by atoms with E-state index in [4.69, 9.17) is 9.84 Å². The van der Waals surface area contributed by atoms with Crippen LogP contribution in [-0.2, 0) is 14.4 Å². The average molecular weight is 409 g/mol. The number of nitrogens with one attached hydrogen (secondary N) is 3. The first-order chi connectivity index (χ1) is 13.7. The number of aliphatic hydroxyl groups is 1. The van der Waals surface area contributed by atoms with Crippen LogP contribution in [0.1, 0.15) is 40.0 Å². The average Bonchev–Trinajstić information content (AvgIpc) is 2.63. The summed E-state index contributed by atoms with van der Waals surface area (Å²) in [6.45, 7) is 6.17. The van der Waals surface area contributed by atoms with E-state index in [1.54, 1.807) is 24.3 Å². The second-order valence-electron chi connectivity index (χ2n) is 7.21. The molecule has 0 spiro atoms. The second-order valence-corrected chi connectivity index (χ2v) is 7.21. The SMILES string of the molecule is CC(C)CNC(=O)C(NC(=O)CC(C)O)Nc1ccc(OCCCC(=O)O)cc1. The van der Waals surface area contributed by atoms with Crippen molar-refractivity contribution >= 4 is 23.5 Å². The Balaban J connectivity index is 2.69. The molecule has 0 bridgehead atoms. The Hall–Kier alpha value is -2.81. The van der Waals surface area contributed by atoms with E-state index in [1.807, 2.05) is 13.8 Å². The van der Waals surface area contributed by atoms with E-state index in [1.165, 1.54) is 6.92 Å². The number of amides is 2. The van der Waals surface area contributed by atoms with Crippen molar-refractivity contribution in [2.45, 2.75) is 52.3 Å². The van der Waals surface area contributed by atoms with Gasteiger partial charge in [-0.05, 0) is 43.5 Å². The number of hydrogen-bond acceptors (Lipinski definition) is 6. The third kappa shape index (κ3) is 10.9. The van der Waals surface area contributed by atoms with E-state index >= 15 is 0 Å². The van der Waals surface area contributed by atoms with Gasteiger partial charge in [0.1, 0.15) is 5.75 Å². The second kappa shape index (κ2) is 12.6. The molecule has 2 unspecified atom stereocenters. The highest BCUT2D eigenvalue weighted by Gasteiger charge is 2.21. The van der Waals surface area contributed by atoms with Crippen molar-refractivity contribution in [3.63, 3.8) is 0 Å². The zero-order valence-electron chi connectivity index (χ0n) is 17.1. The summed E-state index contributed by atoms with van der Waals surface area (Å²) in [7, 11) is 0. The van der Waals surface area contributed by atoms with Crippen LogP contribution >= 0.6 is 0 Å². The van der Waals surface area contributed by atoms with Gasteiger partial charge in [-0.3, -0.25) is 14.4 Å². The first kappa shape index (κ1) is 24.2. The quantitative estimate of drug-likeness (QED) is 0.245. The Morgan fingerprint density at radius 3 is 2.31 bits per heavy atom. The molecule has 9 nitrogen and oxygen atoms in total. The Morgan fingerprint density at radius 2 is 1.76 bits per heavy atom. The molecule has 1 rings (SSSR count). The molecule has 5 N–H and O–H groups in total. The van der Waals surface area contributed by atoms with E-state index in [9.17, 15) is 19.5 Å². The maximum Gasteiger partial charge on any atom is 0.303 e. The number of aliphatic carboxylic acids is 1. The fourth-order valence-electron chi connectivity index (χ4n) is 2.29. The summed E-state index contributed by atoms with van der Waals surface area (Å²) >= 11 is 0. The van der Waals surface area contributed by atoms with Gasteiger partial charge in [-0.1, -0.05) is 13.8 Å². The van der Waals surface area contributed by atoms with Gasteiger partial charge >= 0.3 is 5.97 Å². The predicted octanol–water partition coefficient (Wildman–Crippen LogP) is 1.33. The van der Waals surface area contributed by atoms with Crippen LogP contribution in [0.4, 0.5) is 5.69 Å². The molecule has 0 aliphatic carbocycles. The van der Waals surface area contributed by atoms with Gasteiger partial charge in [-0.15, -0.1) is 0 Å². The summed E-state index contributed by atoms with van der Waals surface area (Å²) in [5, 5.41) is 26.3. The van der Waals surface area contributed by atoms with Crippen molar-refractivity contribution in [2.75, 3.05) is 18.5 Å². The van der Waals surface area contributed by atoms with Crippen LogP contribution in [0.2, 0.25) is 0 Å². The van der Waals surface area contributed by atoms with Gasteiger partial charge in [0, 0.05) is 18.7 Å². The minimum atomic E-state index is -0.998. The molecule has 0 aromatic heterocycles. The number of anilines is 1. The summed E-state index contributed by atoms with van der Waals surface area (Å²) in [6.07, 6.45) is -1.48. The van der Waals surface area contributed by atoms with Gasteiger partial charge < -0.3 is 30.9 Å². The molecular weight excluding hydrogens is 378 g/mol. The van der Waals surface area contributed by atoms with E-state index in [0.29, 0.717) is 24.4 Å². The molecule has 1 aromatic carbocycles. The highest BCUT2D eigenvalue weighted by atomic mass is 16.5. The lowest BCUT2D eigenvalue weighted by Crippen LogP contribution is -2.52. The Labute approximate surface area is 170 Å².